The van der Waals surface area contributed by atoms with Crippen molar-refractivity contribution < 1.29 is 24.3 Å². The van der Waals surface area contributed by atoms with Gasteiger partial charge in [0.15, 0.2) is 5.13 Å². The van der Waals surface area contributed by atoms with E-state index in [2.05, 4.69) is 31.6 Å². The molecule has 1 aromatic heterocycles. The summed E-state index contributed by atoms with van der Waals surface area (Å²) in [6, 6.07) is 0. The van der Waals surface area contributed by atoms with Crippen LogP contribution >= 0.6 is 11.3 Å². The van der Waals surface area contributed by atoms with Gasteiger partial charge < -0.3 is 14.7 Å². The van der Waals surface area contributed by atoms with Crippen molar-refractivity contribution in [1.29, 1.82) is 0 Å². The minimum Gasteiger partial charge on any atom is -0.476 e. The van der Waals surface area contributed by atoms with Crippen molar-refractivity contribution in [1.82, 2.24) is 4.98 Å². The Morgan fingerprint density at radius 1 is 1.68 bits per heavy atom. The normalized spacial score (nSPS) is 10.7. The predicted molar refractivity (Wildman–Crippen MR) is 68.5 cm³/mol. The molecule has 0 spiro atoms. The summed E-state index contributed by atoms with van der Waals surface area (Å²) in [6.07, 6.45) is 0.710. The van der Waals surface area contributed by atoms with E-state index < -0.39 is 12.1 Å². The molecule has 0 aliphatic carbocycles. The van der Waals surface area contributed by atoms with Gasteiger partial charge in [-0.05, 0) is 0 Å². The predicted octanol–water partition coefficient (Wildman–Crippen LogP) is 1.31. The van der Waals surface area contributed by atoms with Gasteiger partial charge in [-0.15, -0.1) is 11.3 Å². The maximum Gasteiger partial charge on any atom is 0.413 e. The molecule has 0 bridgehead atoms. The van der Waals surface area contributed by atoms with Crippen LogP contribution in [-0.2, 0) is 14.4 Å². The van der Waals surface area contributed by atoms with Crippen LogP contribution in [0.5, 0.6) is 0 Å². The number of carboxylic acid groups (broad SMARTS) is 1. The molecule has 2 N–H and O–H groups in total. The van der Waals surface area contributed by atoms with Gasteiger partial charge in [0.05, 0.1) is 0 Å². The van der Waals surface area contributed by atoms with Crippen molar-refractivity contribution in [2.24, 2.45) is 5.16 Å². The van der Waals surface area contributed by atoms with Gasteiger partial charge in [0.2, 0.25) is 5.71 Å². The number of carbonyl (C=O) groups is 2. The highest BCUT2D eigenvalue weighted by Gasteiger charge is 2.18. The van der Waals surface area contributed by atoms with Gasteiger partial charge >= 0.3 is 12.1 Å². The third kappa shape index (κ3) is 4.39. The maximum atomic E-state index is 11.2. The molecule has 0 radical (unpaired) electrons. The van der Waals surface area contributed by atoms with Crippen molar-refractivity contribution in [3.63, 3.8) is 0 Å². The summed E-state index contributed by atoms with van der Waals surface area (Å²) in [5.74, 6) is -1.28. The van der Waals surface area contributed by atoms with Crippen LogP contribution in [0.15, 0.2) is 23.2 Å². The Kier molecular flexibility index (Phi) is 5.48. The number of aromatic nitrogens is 1. The molecule has 0 atom stereocenters. The first-order valence-corrected chi connectivity index (χ1v) is 5.81. The number of hydrogen-bond acceptors (Lipinski definition) is 7. The molecule has 0 fully saturated rings. The Balaban J connectivity index is 2.76. The summed E-state index contributed by atoms with van der Waals surface area (Å²) in [7, 11) is 1.22. The Labute approximate surface area is 112 Å². The fourth-order valence-corrected chi connectivity index (χ4v) is 1.67. The molecule has 1 amide bonds. The number of thiazole rings is 1. The van der Waals surface area contributed by atoms with Crippen LogP contribution < -0.4 is 5.32 Å². The molecule has 1 heterocycles. The van der Waals surface area contributed by atoms with Crippen molar-refractivity contribution >= 4 is 34.2 Å². The first-order chi connectivity index (χ1) is 9.08. The molecule has 0 aliphatic rings. The van der Waals surface area contributed by atoms with Crippen LogP contribution in [0.2, 0.25) is 0 Å². The van der Waals surface area contributed by atoms with Gasteiger partial charge in [0, 0.05) is 5.38 Å². The van der Waals surface area contributed by atoms with E-state index in [1.54, 1.807) is 0 Å². The maximum absolute atomic E-state index is 11.2. The number of aliphatic carboxylic acids is 1. The Morgan fingerprint density at radius 3 is 3.00 bits per heavy atom. The van der Waals surface area contributed by atoms with Gasteiger partial charge in [0.25, 0.3) is 0 Å². The highest BCUT2D eigenvalue weighted by Crippen LogP contribution is 2.16. The summed E-state index contributed by atoms with van der Waals surface area (Å²) in [5, 5.41) is 16.2. The van der Waals surface area contributed by atoms with E-state index in [4.69, 9.17) is 5.11 Å². The zero-order chi connectivity index (χ0) is 14.3. The molecule has 8 nitrogen and oxygen atoms in total. The number of hydrogen-bond donors (Lipinski definition) is 2. The van der Waals surface area contributed by atoms with E-state index >= 15 is 0 Å². The summed E-state index contributed by atoms with van der Waals surface area (Å²) < 4.78 is 4.69. The average Bonchev–Trinajstić information content (AvgIpc) is 2.81. The van der Waals surface area contributed by atoms with Crippen LogP contribution in [0.4, 0.5) is 9.93 Å². The number of carboxylic acids is 1. The van der Waals surface area contributed by atoms with Crippen LogP contribution in [0.25, 0.3) is 0 Å². The monoisotopic (exact) mass is 285 g/mol. The molecule has 9 heteroatoms. The van der Waals surface area contributed by atoms with Crippen molar-refractivity contribution in [3.8, 4) is 0 Å². The lowest BCUT2D eigenvalue weighted by atomic mass is 10.3. The van der Waals surface area contributed by atoms with E-state index in [9.17, 15) is 9.59 Å². The largest absolute Gasteiger partial charge is 0.476 e. The van der Waals surface area contributed by atoms with Crippen molar-refractivity contribution in [2.75, 3.05) is 19.0 Å². The lowest BCUT2D eigenvalue weighted by Gasteiger charge is -2.00. The third-order valence-corrected chi connectivity index (χ3v) is 2.43. The van der Waals surface area contributed by atoms with E-state index in [1.807, 2.05) is 0 Å². The SMILES string of the molecule is C=CCOC(=O)Nc1nc(C(=NOC)C(=O)O)cs1. The van der Waals surface area contributed by atoms with Gasteiger partial charge in [0.1, 0.15) is 19.4 Å². The number of anilines is 1. The molecule has 0 aliphatic heterocycles. The highest BCUT2D eigenvalue weighted by molar-refractivity contribution is 7.14. The number of amides is 1. The second-order valence-corrected chi connectivity index (χ2v) is 3.84. The molecule has 19 heavy (non-hydrogen) atoms. The Bertz CT molecular complexity index is 511. The zero-order valence-electron chi connectivity index (χ0n) is 9.95. The smallest absolute Gasteiger partial charge is 0.413 e. The molecule has 0 aromatic carbocycles. The molecular weight excluding hydrogens is 274 g/mol. The fraction of sp³-hybridized carbons (Fsp3) is 0.200. The van der Waals surface area contributed by atoms with Crippen LogP contribution in [0.1, 0.15) is 5.69 Å². The van der Waals surface area contributed by atoms with Crippen LogP contribution in [0.3, 0.4) is 0 Å². The minimum atomic E-state index is -1.28. The van der Waals surface area contributed by atoms with Crippen molar-refractivity contribution in [2.45, 2.75) is 0 Å². The summed E-state index contributed by atoms with van der Waals surface area (Å²) in [4.78, 5) is 30.4. The van der Waals surface area contributed by atoms with E-state index in [-0.39, 0.29) is 23.1 Å². The molecule has 1 rings (SSSR count). The Hall–Kier alpha value is -2.42. The first kappa shape index (κ1) is 14.6. The molecule has 0 unspecified atom stereocenters. The van der Waals surface area contributed by atoms with E-state index in [1.165, 1.54) is 18.6 Å². The van der Waals surface area contributed by atoms with Gasteiger partial charge in [-0.25, -0.2) is 14.6 Å². The summed E-state index contributed by atoms with van der Waals surface area (Å²) >= 11 is 1.03. The third-order valence-electron chi connectivity index (χ3n) is 1.67. The lowest BCUT2D eigenvalue weighted by molar-refractivity contribution is -0.129. The average molecular weight is 285 g/mol. The molecule has 0 saturated carbocycles. The standard InChI is InChI=1S/C10H11N3O5S/c1-3-4-18-10(16)12-9-11-6(5-19-9)7(8(14)15)13-17-2/h3,5H,1,4H2,2H3,(H,14,15)(H,11,12,16). The first-order valence-electron chi connectivity index (χ1n) is 4.93. The number of nitrogens with zero attached hydrogens (tertiary/aromatic N) is 2. The van der Waals surface area contributed by atoms with Gasteiger partial charge in [-0.3, -0.25) is 5.32 Å². The second-order valence-electron chi connectivity index (χ2n) is 2.98. The van der Waals surface area contributed by atoms with Crippen LogP contribution in [-0.4, -0.2) is 41.6 Å². The minimum absolute atomic E-state index is 0.0651. The van der Waals surface area contributed by atoms with E-state index in [0.717, 1.165) is 11.3 Å². The number of ether oxygens (including phenoxy) is 1. The molecule has 1 aromatic rings. The lowest BCUT2D eigenvalue weighted by Crippen LogP contribution is -2.16. The summed E-state index contributed by atoms with van der Waals surface area (Å²) in [6.45, 7) is 3.46. The Morgan fingerprint density at radius 2 is 2.42 bits per heavy atom. The fourth-order valence-electron chi connectivity index (χ4n) is 0.985. The molecule has 0 saturated heterocycles. The molecule has 102 valence electrons. The number of rotatable bonds is 6. The number of carbonyl (C=O) groups excluding carboxylic acids is 1. The van der Waals surface area contributed by atoms with Crippen molar-refractivity contribution in [3.05, 3.63) is 23.7 Å². The number of nitrogens with one attached hydrogen (secondary N) is 1. The topological polar surface area (TPSA) is 110 Å². The molecular formula is C10H11N3O5S. The van der Waals surface area contributed by atoms with Crippen LogP contribution in [0, 0.1) is 0 Å². The van der Waals surface area contributed by atoms with Gasteiger partial charge in [-0.1, -0.05) is 17.8 Å². The quantitative estimate of drug-likeness (QED) is 0.463. The second kappa shape index (κ2) is 7.11. The van der Waals surface area contributed by atoms with Gasteiger partial charge in [-0.2, -0.15) is 0 Å². The highest BCUT2D eigenvalue weighted by atomic mass is 32.1. The zero-order valence-corrected chi connectivity index (χ0v) is 10.8. The number of oxime groups is 1. The summed E-state index contributed by atoms with van der Waals surface area (Å²) in [5.41, 5.74) is -0.273. The van der Waals surface area contributed by atoms with E-state index in [0.29, 0.717) is 0 Å².